The largest absolute Gasteiger partial charge is 0.311 e. The van der Waals surface area contributed by atoms with Gasteiger partial charge in [0.2, 0.25) is 0 Å². The van der Waals surface area contributed by atoms with Crippen molar-refractivity contribution in [3.63, 3.8) is 0 Å². The predicted molar refractivity (Wildman–Crippen MR) is 225 cm³/mol. The van der Waals surface area contributed by atoms with Gasteiger partial charge in [-0.05, 0) is 48.5 Å². The molecule has 0 aliphatic carbocycles. The molecule has 0 aliphatic rings. The van der Waals surface area contributed by atoms with Crippen LogP contribution in [0.1, 0.15) is 0 Å². The van der Waals surface area contributed by atoms with E-state index in [2.05, 4.69) is 138 Å². The molecule has 55 heavy (non-hydrogen) atoms. The Balaban J connectivity index is 1.08. The Morgan fingerprint density at radius 2 is 0.491 bits per heavy atom. The lowest BCUT2D eigenvalue weighted by molar-refractivity contribution is 1.18. The molecule has 0 unspecified atom stereocenters. The zero-order valence-corrected chi connectivity index (χ0v) is 29.9. The fourth-order valence-corrected chi connectivity index (χ4v) is 6.72. The Morgan fingerprint density at radius 3 is 0.818 bits per heavy atom. The molecule has 0 bridgehead atoms. The summed E-state index contributed by atoms with van der Waals surface area (Å²) in [5, 5.41) is 0. The van der Waals surface area contributed by atoms with Crippen LogP contribution in [-0.2, 0) is 0 Å². The normalized spacial score (nSPS) is 10.9. The lowest BCUT2D eigenvalue weighted by atomic mass is 10.0. The second-order valence-corrected chi connectivity index (χ2v) is 13.2. The number of benzene rings is 7. The maximum Gasteiger partial charge on any atom is 0.160 e. The average Bonchev–Trinajstić information content (AvgIpc) is 3.28. The number of aromatic nitrogens is 4. The summed E-state index contributed by atoms with van der Waals surface area (Å²) < 4.78 is 0. The zero-order valence-electron chi connectivity index (χ0n) is 29.9. The van der Waals surface area contributed by atoms with Crippen molar-refractivity contribution < 1.29 is 0 Å². The molecule has 0 amide bonds. The van der Waals surface area contributed by atoms with Crippen molar-refractivity contribution in [1.29, 1.82) is 0 Å². The molecule has 7 aromatic carbocycles. The lowest BCUT2D eigenvalue weighted by Gasteiger charge is -2.26. The van der Waals surface area contributed by atoms with Gasteiger partial charge in [-0.3, -0.25) is 0 Å². The van der Waals surface area contributed by atoms with Crippen molar-refractivity contribution in [2.75, 3.05) is 4.90 Å². The number of hydrogen-bond acceptors (Lipinski definition) is 5. The van der Waals surface area contributed by atoms with Crippen LogP contribution >= 0.6 is 0 Å². The maximum absolute atomic E-state index is 5.04. The molecule has 0 aliphatic heterocycles. The fourth-order valence-electron chi connectivity index (χ4n) is 6.72. The van der Waals surface area contributed by atoms with Crippen LogP contribution in [0, 0.1) is 0 Å². The predicted octanol–water partition coefficient (Wildman–Crippen LogP) is 12.7. The molecule has 2 aromatic heterocycles. The van der Waals surface area contributed by atoms with Gasteiger partial charge >= 0.3 is 0 Å². The second kappa shape index (κ2) is 15.2. The zero-order chi connectivity index (χ0) is 36.8. The molecule has 260 valence electrons. The van der Waals surface area contributed by atoms with Crippen LogP contribution in [0.4, 0.5) is 17.1 Å². The number of nitrogens with zero attached hydrogens (tertiary/aromatic N) is 5. The highest BCUT2D eigenvalue weighted by atomic mass is 15.1. The fraction of sp³-hybridized carbons (Fsp3) is 0. The Morgan fingerprint density at radius 1 is 0.236 bits per heavy atom. The molecular weight excluding hydrogens is 671 g/mol. The number of hydrogen-bond donors (Lipinski definition) is 0. The Bertz CT molecular complexity index is 2370. The van der Waals surface area contributed by atoms with Crippen LogP contribution in [0.5, 0.6) is 0 Å². The van der Waals surface area contributed by atoms with Crippen LogP contribution in [0.2, 0.25) is 0 Å². The monoisotopic (exact) mass is 705 g/mol. The molecule has 0 saturated carbocycles. The first-order valence-electron chi connectivity index (χ1n) is 18.3. The molecule has 0 spiro atoms. The van der Waals surface area contributed by atoms with Gasteiger partial charge in [-0.25, -0.2) is 19.9 Å². The van der Waals surface area contributed by atoms with Gasteiger partial charge in [0.15, 0.2) is 11.6 Å². The summed E-state index contributed by atoms with van der Waals surface area (Å²) in [5.41, 5.74) is 12.7. The highest BCUT2D eigenvalue weighted by Gasteiger charge is 2.16. The van der Waals surface area contributed by atoms with Gasteiger partial charge in [0, 0.05) is 50.4 Å². The first kappa shape index (κ1) is 33.3. The number of rotatable bonds is 9. The Hall–Kier alpha value is -7.50. The van der Waals surface area contributed by atoms with E-state index in [1.54, 1.807) is 0 Å². The van der Waals surface area contributed by atoms with Crippen LogP contribution in [-0.4, -0.2) is 19.9 Å². The van der Waals surface area contributed by atoms with Crippen molar-refractivity contribution in [3.8, 4) is 67.8 Å². The van der Waals surface area contributed by atoms with Crippen LogP contribution in [0.3, 0.4) is 0 Å². The molecule has 9 aromatic rings. The van der Waals surface area contributed by atoms with Crippen LogP contribution in [0.15, 0.2) is 212 Å². The Labute approximate surface area is 321 Å². The summed E-state index contributed by atoms with van der Waals surface area (Å²) in [4.78, 5) is 22.3. The van der Waals surface area contributed by atoms with Crippen molar-refractivity contribution >= 4 is 17.1 Å². The number of anilines is 3. The van der Waals surface area contributed by atoms with Gasteiger partial charge < -0.3 is 4.90 Å². The molecule has 0 N–H and O–H groups in total. The van der Waals surface area contributed by atoms with Gasteiger partial charge in [-0.2, -0.15) is 0 Å². The standard InChI is InChI=1S/C50H35N5/c1-6-16-36(17-7-1)45-34-47(53-49(51-45)40-20-10-3-11-21-40)38-26-30-43(31-27-38)55(42-24-14-5-15-25-42)44-32-28-39(29-33-44)48-35-46(37-18-8-2-9-19-37)52-50(54-48)41-22-12-4-13-23-41/h1-35H. The molecule has 0 radical (unpaired) electrons. The highest BCUT2D eigenvalue weighted by molar-refractivity contribution is 5.81. The van der Waals surface area contributed by atoms with E-state index in [9.17, 15) is 0 Å². The van der Waals surface area contributed by atoms with E-state index in [0.29, 0.717) is 11.6 Å². The van der Waals surface area contributed by atoms with Gasteiger partial charge in [0.05, 0.1) is 22.8 Å². The van der Waals surface area contributed by atoms with E-state index in [4.69, 9.17) is 19.9 Å². The molecule has 0 fully saturated rings. The summed E-state index contributed by atoms with van der Waals surface area (Å²) in [6.45, 7) is 0. The lowest BCUT2D eigenvalue weighted by Crippen LogP contribution is -2.09. The van der Waals surface area contributed by atoms with Crippen molar-refractivity contribution in [2.45, 2.75) is 0 Å². The van der Waals surface area contributed by atoms with E-state index in [-0.39, 0.29) is 0 Å². The third-order valence-corrected chi connectivity index (χ3v) is 9.51. The maximum atomic E-state index is 5.04. The minimum absolute atomic E-state index is 0.697. The molecule has 9 rings (SSSR count). The molecule has 2 heterocycles. The second-order valence-electron chi connectivity index (χ2n) is 13.2. The van der Waals surface area contributed by atoms with E-state index < -0.39 is 0 Å². The molecule has 0 saturated heterocycles. The first-order valence-corrected chi connectivity index (χ1v) is 18.3. The minimum atomic E-state index is 0.697. The van der Waals surface area contributed by atoms with Gasteiger partial charge in [0.1, 0.15) is 0 Å². The van der Waals surface area contributed by atoms with E-state index >= 15 is 0 Å². The van der Waals surface area contributed by atoms with Crippen LogP contribution in [0.25, 0.3) is 67.8 Å². The van der Waals surface area contributed by atoms with Gasteiger partial charge in [-0.15, -0.1) is 0 Å². The topological polar surface area (TPSA) is 54.8 Å². The highest BCUT2D eigenvalue weighted by Crippen LogP contribution is 2.37. The summed E-state index contributed by atoms with van der Waals surface area (Å²) in [7, 11) is 0. The van der Waals surface area contributed by atoms with Gasteiger partial charge in [0.25, 0.3) is 0 Å². The third-order valence-electron chi connectivity index (χ3n) is 9.51. The van der Waals surface area contributed by atoms with Crippen LogP contribution < -0.4 is 4.90 Å². The van der Waals surface area contributed by atoms with E-state index in [1.807, 2.05) is 78.9 Å². The smallest absolute Gasteiger partial charge is 0.160 e. The first-order chi connectivity index (χ1) is 27.2. The van der Waals surface area contributed by atoms with Gasteiger partial charge in [-0.1, -0.05) is 164 Å². The summed E-state index contributed by atoms with van der Waals surface area (Å²) in [6.07, 6.45) is 0. The van der Waals surface area contributed by atoms with Crippen molar-refractivity contribution in [1.82, 2.24) is 19.9 Å². The van der Waals surface area contributed by atoms with E-state index in [0.717, 1.165) is 73.2 Å². The molecular formula is C50H35N5. The summed E-state index contributed by atoms with van der Waals surface area (Å²) in [5.74, 6) is 1.39. The molecule has 5 heteroatoms. The Kier molecular flexibility index (Phi) is 9.23. The summed E-state index contributed by atoms with van der Waals surface area (Å²) >= 11 is 0. The third kappa shape index (κ3) is 7.28. The summed E-state index contributed by atoms with van der Waals surface area (Å²) in [6, 6.07) is 72.6. The average molecular weight is 706 g/mol. The van der Waals surface area contributed by atoms with E-state index in [1.165, 1.54) is 0 Å². The van der Waals surface area contributed by atoms with Crippen molar-refractivity contribution in [2.24, 2.45) is 0 Å². The molecule has 0 atom stereocenters. The SMILES string of the molecule is c1ccc(-c2cc(-c3ccc(N(c4ccccc4)c4ccc(-c5cc(-c6ccccc6)nc(-c6ccccc6)n5)cc4)cc3)nc(-c3ccccc3)n2)cc1. The molecule has 5 nitrogen and oxygen atoms in total. The number of para-hydroxylation sites is 1. The quantitative estimate of drug-likeness (QED) is 0.150. The minimum Gasteiger partial charge on any atom is -0.311 e. The van der Waals surface area contributed by atoms with Crippen molar-refractivity contribution in [3.05, 3.63) is 212 Å².